The highest BCUT2D eigenvalue weighted by atomic mass is 35.5. The molecular weight excluding hydrogens is 290 g/mol. The van der Waals surface area contributed by atoms with Crippen molar-refractivity contribution in [2.45, 2.75) is 26.3 Å². The van der Waals surface area contributed by atoms with E-state index in [1.807, 2.05) is 25.3 Å². The SMILES string of the molecule is CC(CCl)CS(=O)(=O)N1CCc2sccc2C1C. The van der Waals surface area contributed by atoms with Gasteiger partial charge in [-0.25, -0.2) is 8.42 Å². The van der Waals surface area contributed by atoms with Crippen LogP contribution in [-0.4, -0.2) is 30.9 Å². The van der Waals surface area contributed by atoms with Crippen molar-refractivity contribution in [2.75, 3.05) is 18.2 Å². The van der Waals surface area contributed by atoms with Crippen LogP contribution in [0, 0.1) is 5.92 Å². The van der Waals surface area contributed by atoms with Crippen LogP contribution < -0.4 is 0 Å². The van der Waals surface area contributed by atoms with Crippen LogP contribution in [-0.2, 0) is 16.4 Å². The first-order valence-electron chi connectivity index (χ1n) is 6.07. The molecule has 0 N–H and O–H groups in total. The molecule has 0 radical (unpaired) electrons. The van der Waals surface area contributed by atoms with Gasteiger partial charge in [0, 0.05) is 23.3 Å². The molecule has 102 valence electrons. The lowest BCUT2D eigenvalue weighted by Gasteiger charge is -2.33. The number of hydrogen-bond donors (Lipinski definition) is 0. The lowest BCUT2D eigenvalue weighted by molar-refractivity contribution is 0.327. The van der Waals surface area contributed by atoms with Gasteiger partial charge < -0.3 is 0 Å². The minimum absolute atomic E-state index is 0.00672. The first kappa shape index (κ1) is 14.3. The first-order valence-corrected chi connectivity index (χ1v) is 9.09. The Bertz CT molecular complexity index is 512. The van der Waals surface area contributed by atoms with Gasteiger partial charge in [-0.1, -0.05) is 6.92 Å². The lowest BCUT2D eigenvalue weighted by Crippen LogP contribution is -2.40. The Kier molecular flexibility index (Phi) is 4.36. The molecule has 1 aliphatic rings. The van der Waals surface area contributed by atoms with Crippen molar-refractivity contribution in [3.63, 3.8) is 0 Å². The van der Waals surface area contributed by atoms with E-state index in [1.54, 1.807) is 15.6 Å². The molecule has 1 aliphatic heterocycles. The van der Waals surface area contributed by atoms with Crippen LogP contribution in [0.15, 0.2) is 11.4 Å². The summed E-state index contributed by atoms with van der Waals surface area (Å²) < 4.78 is 26.4. The van der Waals surface area contributed by atoms with Crippen molar-refractivity contribution >= 4 is 33.0 Å². The molecule has 2 rings (SSSR count). The summed E-state index contributed by atoms with van der Waals surface area (Å²) in [6.07, 6.45) is 0.825. The molecule has 0 spiro atoms. The summed E-state index contributed by atoms with van der Waals surface area (Å²) >= 11 is 7.43. The van der Waals surface area contributed by atoms with Crippen LogP contribution >= 0.6 is 22.9 Å². The van der Waals surface area contributed by atoms with Gasteiger partial charge in [0.1, 0.15) is 0 Å². The summed E-state index contributed by atoms with van der Waals surface area (Å²) in [6, 6.07) is 1.99. The van der Waals surface area contributed by atoms with Gasteiger partial charge in [-0.3, -0.25) is 0 Å². The molecule has 0 aromatic carbocycles. The number of sulfonamides is 1. The molecule has 6 heteroatoms. The molecular formula is C12H18ClNO2S2. The zero-order chi connectivity index (χ0) is 13.3. The maximum Gasteiger partial charge on any atom is 0.214 e. The molecule has 3 nitrogen and oxygen atoms in total. The van der Waals surface area contributed by atoms with Gasteiger partial charge >= 0.3 is 0 Å². The Balaban J connectivity index is 2.20. The molecule has 0 aliphatic carbocycles. The van der Waals surface area contributed by atoms with Crippen molar-refractivity contribution in [3.05, 3.63) is 21.9 Å². The second-order valence-corrected chi connectivity index (χ2v) is 8.15. The van der Waals surface area contributed by atoms with Crippen LogP contribution in [0.1, 0.15) is 30.3 Å². The van der Waals surface area contributed by atoms with Crippen LogP contribution in [0.25, 0.3) is 0 Å². The summed E-state index contributed by atoms with van der Waals surface area (Å²) in [4.78, 5) is 1.32. The normalized spacial score (nSPS) is 22.7. The summed E-state index contributed by atoms with van der Waals surface area (Å²) in [6.45, 7) is 4.43. The molecule has 0 fully saturated rings. The van der Waals surface area contributed by atoms with E-state index < -0.39 is 10.0 Å². The molecule has 2 atom stereocenters. The minimum atomic E-state index is -3.21. The summed E-state index contributed by atoms with van der Waals surface area (Å²) in [5.74, 6) is 0.513. The Labute approximate surface area is 118 Å². The maximum absolute atomic E-state index is 12.4. The zero-order valence-corrected chi connectivity index (χ0v) is 13.0. The van der Waals surface area contributed by atoms with E-state index in [-0.39, 0.29) is 17.7 Å². The molecule has 0 bridgehead atoms. The van der Waals surface area contributed by atoms with Gasteiger partial charge in [0.2, 0.25) is 10.0 Å². The van der Waals surface area contributed by atoms with Crippen molar-refractivity contribution in [3.8, 4) is 0 Å². The van der Waals surface area contributed by atoms with Crippen molar-refractivity contribution in [1.29, 1.82) is 0 Å². The predicted octanol–water partition coefficient (Wildman–Crippen LogP) is 2.87. The van der Waals surface area contributed by atoms with Gasteiger partial charge in [0.05, 0.1) is 5.75 Å². The number of thiophene rings is 1. The smallest absolute Gasteiger partial charge is 0.212 e. The van der Waals surface area contributed by atoms with Crippen LogP contribution in [0.4, 0.5) is 0 Å². The highest BCUT2D eigenvalue weighted by molar-refractivity contribution is 7.89. The maximum atomic E-state index is 12.4. The van der Waals surface area contributed by atoms with E-state index in [9.17, 15) is 8.42 Å². The third-order valence-electron chi connectivity index (χ3n) is 3.34. The van der Waals surface area contributed by atoms with Gasteiger partial charge in [-0.05, 0) is 36.3 Å². The Morgan fingerprint density at radius 2 is 2.33 bits per heavy atom. The first-order chi connectivity index (χ1) is 8.45. The van der Waals surface area contributed by atoms with Gasteiger partial charge in [0.25, 0.3) is 0 Å². The van der Waals surface area contributed by atoms with Crippen LogP contribution in [0.5, 0.6) is 0 Å². The highest BCUT2D eigenvalue weighted by Crippen LogP contribution is 2.34. The predicted molar refractivity (Wildman–Crippen MR) is 76.8 cm³/mol. The van der Waals surface area contributed by atoms with E-state index >= 15 is 0 Å². The van der Waals surface area contributed by atoms with E-state index in [0.29, 0.717) is 12.4 Å². The number of rotatable bonds is 4. The van der Waals surface area contributed by atoms with E-state index in [1.165, 1.54) is 4.88 Å². The monoisotopic (exact) mass is 307 g/mol. The third-order valence-corrected chi connectivity index (χ3v) is 7.06. The average Bonchev–Trinajstić information content (AvgIpc) is 2.77. The number of fused-ring (bicyclic) bond motifs is 1. The van der Waals surface area contributed by atoms with Gasteiger partial charge in [-0.2, -0.15) is 4.31 Å². The molecule has 1 aromatic heterocycles. The van der Waals surface area contributed by atoms with Crippen molar-refractivity contribution in [2.24, 2.45) is 5.92 Å². The summed E-state index contributed by atoms with van der Waals surface area (Å²) in [5, 5.41) is 2.04. The van der Waals surface area contributed by atoms with Crippen LogP contribution in [0.3, 0.4) is 0 Å². The van der Waals surface area contributed by atoms with E-state index in [4.69, 9.17) is 11.6 Å². The van der Waals surface area contributed by atoms with Gasteiger partial charge in [0.15, 0.2) is 0 Å². The number of alkyl halides is 1. The van der Waals surface area contributed by atoms with E-state index in [0.717, 1.165) is 12.0 Å². The Morgan fingerprint density at radius 3 is 3.00 bits per heavy atom. The molecule has 1 aromatic rings. The standard InChI is InChI=1S/C12H18ClNO2S2/c1-9(7-13)8-18(15,16)14-5-3-12-11(10(14)2)4-6-17-12/h4,6,9-10H,3,5,7-8H2,1-2H3. The average molecular weight is 308 g/mol. The van der Waals surface area contributed by atoms with Gasteiger partial charge in [-0.15, -0.1) is 22.9 Å². The van der Waals surface area contributed by atoms with Crippen molar-refractivity contribution < 1.29 is 8.42 Å². The number of hydrogen-bond acceptors (Lipinski definition) is 3. The Hall–Kier alpha value is -0.100. The molecule has 2 unspecified atom stereocenters. The zero-order valence-electron chi connectivity index (χ0n) is 10.6. The molecule has 2 heterocycles. The highest BCUT2D eigenvalue weighted by Gasteiger charge is 2.33. The molecule has 0 saturated carbocycles. The quantitative estimate of drug-likeness (QED) is 0.802. The fraction of sp³-hybridized carbons (Fsp3) is 0.667. The van der Waals surface area contributed by atoms with Crippen molar-refractivity contribution in [1.82, 2.24) is 4.31 Å². The second-order valence-electron chi connectivity index (χ2n) is 4.87. The fourth-order valence-electron chi connectivity index (χ4n) is 2.37. The number of halogens is 1. The topological polar surface area (TPSA) is 37.4 Å². The number of nitrogens with zero attached hydrogens (tertiary/aromatic N) is 1. The van der Waals surface area contributed by atoms with Crippen LogP contribution in [0.2, 0.25) is 0 Å². The fourth-order valence-corrected chi connectivity index (χ4v) is 5.56. The largest absolute Gasteiger partial charge is 0.214 e. The summed E-state index contributed by atoms with van der Waals surface area (Å²) in [5.41, 5.74) is 1.16. The minimum Gasteiger partial charge on any atom is -0.212 e. The molecule has 18 heavy (non-hydrogen) atoms. The second kappa shape index (κ2) is 5.49. The lowest BCUT2D eigenvalue weighted by atomic mass is 10.0. The Morgan fingerprint density at radius 1 is 1.61 bits per heavy atom. The van der Waals surface area contributed by atoms with E-state index in [2.05, 4.69) is 0 Å². The summed E-state index contributed by atoms with van der Waals surface area (Å²) in [7, 11) is -3.21. The molecule has 0 amide bonds. The third kappa shape index (κ3) is 2.74. The molecule has 0 saturated heterocycles.